The number of rotatable bonds is 6. The molecule has 0 spiro atoms. The van der Waals surface area contributed by atoms with Gasteiger partial charge in [-0.1, -0.05) is 22.0 Å². The molecular formula is C17H25BrN4O3S. The van der Waals surface area contributed by atoms with Crippen LogP contribution in [0, 0.1) is 6.92 Å². The smallest absolute Gasteiger partial charge is 0.226 e. The van der Waals surface area contributed by atoms with Crippen molar-refractivity contribution in [2.75, 3.05) is 29.9 Å². The highest BCUT2D eigenvalue weighted by molar-refractivity contribution is 9.10. The molecule has 26 heavy (non-hydrogen) atoms. The van der Waals surface area contributed by atoms with Crippen LogP contribution in [0.15, 0.2) is 27.7 Å². The van der Waals surface area contributed by atoms with Gasteiger partial charge in [-0.3, -0.25) is 9.79 Å². The molecule has 1 unspecified atom stereocenters. The minimum Gasteiger partial charge on any atom is -0.357 e. The van der Waals surface area contributed by atoms with Gasteiger partial charge in [-0.2, -0.15) is 0 Å². The Bertz CT molecular complexity index is 780. The second-order valence-electron chi connectivity index (χ2n) is 6.26. The van der Waals surface area contributed by atoms with Crippen molar-refractivity contribution >= 4 is 43.3 Å². The average Bonchev–Trinajstić information content (AvgIpc) is 2.90. The van der Waals surface area contributed by atoms with E-state index in [1.165, 1.54) is 0 Å². The second-order valence-corrected chi connectivity index (χ2v) is 9.41. The Kier molecular flexibility index (Phi) is 7.45. The van der Waals surface area contributed by atoms with Crippen molar-refractivity contribution < 1.29 is 13.2 Å². The molecule has 0 bridgehead atoms. The topological polar surface area (TPSA) is 99.7 Å². The van der Waals surface area contributed by atoms with Crippen molar-refractivity contribution in [3.63, 3.8) is 0 Å². The van der Waals surface area contributed by atoms with Gasteiger partial charge in [0.05, 0.1) is 18.1 Å². The van der Waals surface area contributed by atoms with Gasteiger partial charge < -0.3 is 16.0 Å². The standard InChI is InChI=1S/C17H25BrN4O3S/c1-3-19-17(21-14-7-9-26(24,25)11-14)20-8-6-16(23)22-15-10-13(18)5-4-12(15)2/h4-5,10,14H,3,6-9,11H2,1-2H3,(H,22,23)(H2,19,20,21). The fourth-order valence-corrected chi connectivity index (χ4v) is 4.67. The number of carbonyl (C=O) groups excluding carboxylic acids is 1. The molecule has 1 amide bonds. The summed E-state index contributed by atoms with van der Waals surface area (Å²) >= 11 is 3.39. The number of sulfone groups is 1. The van der Waals surface area contributed by atoms with Gasteiger partial charge >= 0.3 is 0 Å². The number of anilines is 1. The monoisotopic (exact) mass is 444 g/mol. The summed E-state index contributed by atoms with van der Waals surface area (Å²) in [6.45, 7) is 4.84. The lowest BCUT2D eigenvalue weighted by Crippen LogP contribution is -2.44. The molecule has 1 aromatic carbocycles. The van der Waals surface area contributed by atoms with E-state index in [4.69, 9.17) is 0 Å². The predicted molar refractivity (Wildman–Crippen MR) is 108 cm³/mol. The van der Waals surface area contributed by atoms with E-state index in [0.717, 1.165) is 15.7 Å². The number of guanidine groups is 1. The maximum atomic E-state index is 12.1. The quantitative estimate of drug-likeness (QED) is 0.458. The van der Waals surface area contributed by atoms with Crippen molar-refractivity contribution in [2.45, 2.75) is 32.7 Å². The first-order valence-corrected chi connectivity index (χ1v) is 11.2. The van der Waals surface area contributed by atoms with Crippen LogP contribution < -0.4 is 16.0 Å². The Morgan fingerprint density at radius 3 is 2.81 bits per heavy atom. The fraction of sp³-hybridized carbons (Fsp3) is 0.529. The molecule has 1 aliphatic heterocycles. The van der Waals surface area contributed by atoms with Crippen LogP contribution in [-0.2, 0) is 14.6 Å². The molecule has 0 saturated carbocycles. The largest absolute Gasteiger partial charge is 0.357 e. The predicted octanol–water partition coefficient (Wildman–Crippen LogP) is 1.83. The highest BCUT2D eigenvalue weighted by atomic mass is 79.9. The molecule has 0 aromatic heterocycles. The van der Waals surface area contributed by atoms with Gasteiger partial charge in [0.2, 0.25) is 5.91 Å². The first-order valence-electron chi connectivity index (χ1n) is 8.60. The Balaban J connectivity index is 1.87. The Morgan fingerprint density at radius 2 is 2.15 bits per heavy atom. The van der Waals surface area contributed by atoms with Gasteiger partial charge in [-0.25, -0.2) is 8.42 Å². The van der Waals surface area contributed by atoms with Gasteiger partial charge in [0.25, 0.3) is 0 Å². The summed E-state index contributed by atoms with van der Waals surface area (Å²) in [5.74, 6) is 0.758. The van der Waals surface area contributed by atoms with Crippen LogP contribution in [0.1, 0.15) is 25.3 Å². The summed E-state index contributed by atoms with van der Waals surface area (Å²) in [6.07, 6.45) is 0.820. The van der Waals surface area contributed by atoms with Crippen LogP contribution >= 0.6 is 15.9 Å². The highest BCUT2D eigenvalue weighted by Gasteiger charge is 2.28. The maximum absolute atomic E-state index is 12.1. The van der Waals surface area contributed by atoms with Crippen LogP contribution in [0.5, 0.6) is 0 Å². The van der Waals surface area contributed by atoms with E-state index in [2.05, 4.69) is 36.9 Å². The van der Waals surface area contributed by atoms with Crippen LogP contribution in [0.25, 0.3) is 0 Å². The van der Waals surface area contributed by atoms with Crippen LogP contribution in [0.3, 0.4) is 0 Å². The zero-order valence-corrected chi connectivity index (χ0v) is 17.4. The van der Waals surface area contributed by atoms with Crippen molar-refractivity contribution in [1.29, 1.82) is 0 Å². The molecule has 1 saturated heterocycles. The van der Waals surface area contributed by atoms with Gasteiger partial charge in [0, 0.05) is 29.2 Å². The minimum atomic E-state index is -2.95. The summed E-state index contributed by atoms with van der Waals surface area (Å²) in [6, 6.07) is 5.59. The zero-order valence-electron chi connectivity index (χ0n) is 15.0. The third kappa shape index (κ3) is 6.60. The van der Waals surface area contributed by atoms with Gasteiger partial charge in [-0.15, -0.1) is 0 Å². The van der Waals surface area contributed by atoms with Gasteiger partial charge in [0.15, 0.2) is 15.8 Å². The summed E-state index contributed by atoms with van der Waals surface area (Å²) in [5, 5.41) is 9.10. The molecule has 0 aliphatic carbocycles. The van der Waals surface area contributed by atoms with Gasteiger partial charge in [0.1, 0.15) is 0 Å². The molecule has 3 N–H and O–H groups in total. The minimum absolute atomic E-state index is 0.116. The SMILES string of the molecule is CCNC(=NCCC(=O)Nc1cc(Br)ccc1C)NC1CCS(=O)(=O)C1. The third-order valence-electron chi connectivity index (χ3n) is 4.00. The molecular weight excluding hydrogens is 420 g/mol. The number of amides is 1. The summed E-state index contributed by atoms with van der Waals surface area (Å²) in [7, 11) is -2.95. The van der Waals surface area contributed by atoms with Crippen LogP contribution in [0.2, 0.25) is 0 Å². The van der Waals surface area contributed by atoms with Crippen LogP contribution in [-0.4, -0.2) is 50.9 Å². The Morgan fingerprint density at radius 1 is 1.38 bits per heavy atom. The van der Waals surface area contributed by atoms with Crippen LogP contribution in [0.4, 0.5) is 5.69 Å². The molecule has 1 atom stereocenters. The first kappa shape index (κ1) is 20.7. The van der Waals surface area contributed by atoms with Crippen molar-refractivity contribution in [1.82, 2.24) is 10.6 Å². The molecule has 2 rings (SSSR count). The van der Waals surface area contributed by atoms with E-state index in [1.807, 2.05) is 32.0 Å². The highest BCUT2D eigenvalue weighted by Crippen LogP contribution is 2.20. The molecule has 144 valence electrons. The number of hydrogen-bond donors (Lipinski definition) is 3. The first-order chi connectivity index (χ1) is 12.3. The lowest BCUT2D eigenvalue weighted by Gasteiger charge is -2.15. The Hall–Kier alpha value is -1.61. The molecule has 9 heteroatoms. The molecule has 1 aliphatic rings. The average molecular weight is 445 g/mol. The van der Waals surface area contributed by atoms with Crippen molar-refractivity contribution in [2.24, 2.45) is 4.99 Å². The second kappa shape index (κ2) is 9.36. The number of halogens is 1. The van der Waals surface area contributed by atoms with E-state index >= 15 is 0 Å². The fourth-order valence-electron chi connectivity index (χ4n) is 2.63. The lowest BCUT2D eigenvalue weighted by molar-refractivity contribution is -0.116. The number of benzene rings is 1. The molecule has 7 nitrogen and oxygen atoms in total. The number of nitrogens with zero attached hydrogens (tertiary/aromatic N) is 1. The molecule has 1 fully saturated rings. The number of aryl methyl sites for hydroxylation is 1. The summed E-state index contributed by atoms with van der Waals surface area (Å²) in [5.41, 5.74) is 1.76. The third-order valence-corrected chi connectivity index (χ3v) is 6.26. The number of aliphatic imine (C=N–C) groups is 1. The number of carbonyl (C=O) groups is 1. The molecule has 1 heterocycles. The Labute approximate surface area is 163 Å². The summed E-state index contributed by atoms with van der Waals surface area (Å²) in [4.78, 5) is 16.5. The van der Waals surface area contributed by atoms with E-state index in [0.29, 0.717) is 25.5 Å². The summed E-state index contributed by atoms with van der Waals surface area (Å²) < 4.78 is 24.0. The van der Waals surface area contributed by atoms with E-state index in [-0.39, 0.29) is 29.9 Å². The van der Waals surface area contributed by atoms with E-state index < -0.39 is 9.84 Å². The zero-order chi connectivity index (χ0) is 19.2. The van der Waals surface area contributed by atoms with E-state index in [1.54, 1.807) is 0 Å². The lowest BCUT2D eigenvalue weighted by atomic mass is 10.2. The van der Waals surface area contributed by atoms with Gasteiger partial charge in [-0.05, 0) is 38.0 Å². The molecule has 1 aromatic rings. The van der Waals surface area contributed by atoms with Crippen molar-refractivity contribution in [3.05, 3.63) is 28.2 Å². The normalized spacial score (nSPS) is 19.2. The van der Waals surface area contributed by atoms with Crippen molar-refractivity contribution in [3.8, 4) is 0 Å². The molecule has 0 radical (unpaired) electrons. The van der Waals surface area contributed by atoms with E-state index in [9.17, 15) is 13.2 Å². The maximum Gasteiger partial charge on any atom is 0.226 e. The number of hydrogen-bond acceptors (Lipinski definition) is 4. The number of nitrogens with one attached hydrogen (secondary N) is 3.